The number of halogens is 1. The molecule has 0 aliphatic rings. The molecular formula is C13H20ClNOS. The second-order valence-corrected chi connectivity index (χ2v) is 6.37. The fourth-order valence-corrected chi connectivity index (χ4v) is 3.27. The first kappa shape index (κ1) is 14.7. The van der Waals surface area contributed by atoms with E-state index in [1.54, 1.807) is 0 Å². The highest BCUT2D eigenvalue weighted by Gasteiger charge is 2.18. The van der Waals surface area contributed by atoms with Crippen LogP contribution in [-0.2, 0) is 16.6 Å². The molecule has 0 radical (unpaired) electrons. The lowest BCUT2D eigenvalue weighted by molar-refractivity contribution is 0.549. The quantitative estimate of drug-likeness (QED) is 0.863. The molecule has 0 fully saturated rings. The maximum absolute atomic E-state index is 12.2. The van der Waals surface area contributed by atoms with Gasteiger partial charge in [0.15, 0.2) is 0 Å². The van der Waals surface area contributed by atoms with Crippen LogP contribution in [0, 0.1) is 0 Å². The van der Waals surface area contributed by atoms with E-state index >= 15 is 0 Å². The summed E-state index contributed by atoms with van der Waals surface area (Å²) in [7, 11) is -0.905. The molecule has 1 aromatic carbocycles. The fourth-order valence-electron chi connectivity index (χ4n) is 1.62. The second-order valence-electron chi connectivity index (χ2n) is 4.17. The molecule has 1 aromatic rings. The van der Waals surface area contributed by atoms with Gasteiger partial charge in [-0.25, -0.2) is 0 Å². The first-order valence-electron chi connectivity index (χ1n) is 5.90. The Labute approximate surface area is 111 Å². The van der Waals surface area contributed by atoms with E-state index in [2.05, 4.69) is 19.2 Å². The van der Waals surface area contributed by atoms with Crippen molar-refractivity contribution in [1.29, 1.82) is 0 Å². The lowest BCUT2D eigenvalue weighted by Crippen LogP contribution is -2.38. The van der Waals surface area contributed by atoms with Gasteiger partial charge in [0.05, 0.1) is 5.75 Å². The van der Waals surface area contributed by atoms with Gasteiger partial charge in [0.1, 0.15) is 0 Å². The third-order valence-corrected chi connectivity index (χ3v) is 5.10. The molecule has 1 N–H and O–H groups in total. The van der Waals surface area contributed by atoms with E-state index in [4.69, 9.17) is 11.6 Å². The zero-order valence-electron chi connectivity index (χ0n) is 10.6. The smallest absolute Gasteiger partial charge is 0.0503 e. The van der Waals surface area contributed by atoms with E-state index < -0.39 is 10.8 Å². The first-order chi connectivity index (χ1) is 8.06. The normalized spacial score (nSPS) is 16.5. The van der Waals surface area contributed by atoms with E-state index in [0.717, 1.165) is 12.1 Å². The molecule has 0 saturated carbocycles. The van der Waals surface area contributed by atoms with Crippen LogP contribution in [0.5, 0.6) is 0 Å². The van der Waals surface area contributed by atoms with Gasteiger partial charge in [-0.15, -0.1) is 0 Å². The van der Waals surface area contributed by atoms with Crippen molar-refractivity contribution in [3.05, 3.63) is 34.9 Å². The molecule has 17 heavy (non-hydrogen) atoms. The predicted molar refractivity (Wildman–Crippen MR) is 75.9 cm³/mol. The van der Waals surface area contributed by atoms with Crippen LogP contribution in [-0.4, -0.2) is 22.0 Å². The van der Waals surface area contributed by atoms with Crippen LogP contribution in [0.4, 0.5) is 0 Å². The van der Waals surface area contributed by atoms with E-state index in [9.17, 15) is 4.21 Å². The summed E-state index contributed by atoms with van der Waals surface area (Å²) in [5, 5.41) is 4.12. The van der Waals surface area contributed by atoms with Crippen molar-refractivity contribution >= 4 is 22.4 Å². The van der Waals surface area contributed by atoms with E-state index in [-0.39, 0.29) is 11.3 Å². The molecule has 2 nitrogen and oxygen atoms in total. The van der Waals surface area contributed by atoms with Crippen molar-refractivity contribution in [2.24, 2.45) is 0 Å². The van der Waals surface area contributed by atoms with Gasteiger partial charge in [-0.2, -0.15) is 0 Å². The minimum Gasteiger partial charge on any atom is -0.313 e. The molecule has 3 atom stereocenters. The Balaban J connectivity index is 2.63. The second kappa shape index (κ2) is 7.14. The standard InChI is InChI=1S/C13H20ClNOS/c1-4-15-10(2)11(3)17(16)9-12-7-5-6-8-13(12)14/h5-8,10-11,15H,4,9H2,1-3H3. The zero-order chi connectivity index (χ0) is 12.8. The van der Waals surface area contributed by atoms with Gasteiger partial charge in [-0.05, 0) is 32.0 Å². The van der Waals surface area contributed by atoms with Gasteiger partial charge in [0, 0.05) is 27.1 Å². The molecule has 0 aliphatic carbocycles. The number of hydrogen-bond donors (Lipinski definition) is 1. The molecule has 0 aromatic heterocycles. The van der Waals surface area contributed by atoms with Crippen LogP contribution < -0.4 is 5.32 Å². The summed E-state index contributed by atoms with van der Waals surface area (Å²) in [6.45, 7) is 7.04. The molecule has 0 amide bonds. The molecule has 0 spiro atoms. The third-order valence-electron chi connectivity index (χ3n) is 2.90. The summed E-state index contributed by atoms with van der Waals surface area (Å²) in [6, 6.07) is 7.84. The highest BCUT2D eigenvalue weighted by molar-refractivity contribution is 7.84. The maximum Gasteiger partial charge on any atom is 0.0503 e. The third kappa shape index (κ3) is 4.41. The van der Waals surface area contributed by atoms with E-state index in [0.29, 0.717) is 10.8 Å². The average Bonchev–Trinajstić information content (AvgIpc) is 2.31. The first-order valence-corrected chi connectivity index (χ1v) is 7.66. The Morgan fingerprint density at radius 3 is 2.59 bits per heavy atom. The Kier molecular flexibility index (Phi) is 6.17. The molecule has 0 bridgehead atoms. The van der Waals surface area contributed by atoms with Crippen LogP contribution in [0.3, 0.4) is 0 Å². The lowest BCUT2D eigenvalue weighted by Gasteiger charge is -2.20. The largest absolute Gasteiger partial charge is 0.313 e. The van der Waals surface area contributed by atoms with Crippen LogP contribution in [0.2, 0.25) is 5.02 Å². The van der Waals surface area contributed by atoms with Gasteiger partial charge in [-0.1, -0.05) is 36.7 Å². The van der Waals surface area contributed by atoms with Gasteiger partial charge >= 0.3 is 0 Å². The van der Waals surface area contributed by atoms with Crippen molar-refractivity contribution in [1.82, 2.24) is 5.32 Å². The summed E-state index contributed by atoms with van der Waals surface area (Å²) in [5.74, 6) is 0.524. The molecule has 0 heterocycles. The predicted octanol–water partition coefficient (Wildman–Crippen LogP) is 2.98. The molecular weight excluding hydrogens is 254 g/mol. The van der Waals surface area contributed by atoms with Gasteiger partial charge in [0.25, 0.3) is 0 Å². The molecule has 0 saturated heterocycles. The van der Waals surface area contributed by atoms with Crippen LogP contribution in [0.25, 0.3) is 0 Å². The molecule has 3 unspecified atom stereocenters. The van der Waals surface area contributed by atoms with Crippen molar-refractivity contribution in [2.45, 2.75) is 37.8 Å². The Morgan fingerprint density at radius 1 is 1.35 bits per heavy atom. The Hall–Kier alpha value is -0.380. The van der Waals surface area contributed by atoms with Crippen molar-refractivity contribution in [3.8, 4) is 0 Å². The summed E-state index contributed by atoms with van der Waals surface area (Å²) < 4.78 is 12.2. The van der Waals surface area contributed by atoms with Gasteiger partial charge in [0.2, 0.25) is 0 Å². The minimum absolute atomic E-state index is 0.117. The van der Waals surface area contributed by atoms with Crippen molar-refractivity contribution in [3.63, 3.8) is 0 Å². The number of hydrogen-bond acceptors (Lipinski definition) is 2. The van der Waals surface area contributed by atoms with E-state index in [1.165, 1.54) is 0 Å². The van der Waals surface area contributed by atoms with E-state index in [1.807, 2.05) is 31.2 Å². The maximum atomic E-state index is 12.2. The molecule has 96 valence electrons. The van der Waals surface area contributed by atoms with Crippen LogP contribution in [0.15, 0.2) is 24.3 Å². The Morgan fingerprint density at radius 2 is 2.00 bits per heavy atom. The van der Waals surface area contributed by atoms with Crippen molar-refractivity contribution in [2.75, 3.05) is 6.54 Å². The highest BCUT2D eigenvalue weighted by Crippen LogP contribution is 2.18. The van der Waals surface area contributed by atoms with Crippen LogP contribution in [0.1, 0.15) is 26.3 Å². The number of rotatable bonds is 6. The lowest BCUT2D eigenvalue weighted by atomic mass is 10.2. The van der Waals surface area contributed by atoms with Crippen molar-refractivity contribution < 1.29 is 4.21 Å². The average molecular weight is 274 g/mol. The molecule has 4 heteroatoms. The fraction of sp³-hybridized carbons (Fsp3) is 0.538. The Bertz CT molecular complexity index is 383. The van der Waals surface area contributed by atoms with Crippen LogP contribution >= 0.6 is 11.6 Å². The molecule has 1 rings (SSSR count). The minimum atomic E-state index is -0.905. The van der Waals surface area contributed by atoms with Gasteiger partial charge in [-0.3, -0.25) is 4.21 Å². The zero-order valence-corrected chi connectivity index (χ0v) is 12.1. The van der Waals surface area contributed by atoms with Gasteiger partial charge < -0.3 is 5.32 Å². The number of nitrogens with one attached hydrogen (secondary N) is 1. The highest BCUT2D eigenvalue weighted by atomic mass is 35.5. The number of benzene rings is 1. The summed E-state index contributed by atoms with van der Waals surface area (Å²) in [5.41, 5.74) is 0.961. The molecule has 0 aliphatic heterocycles. The summed E-state index contributed by atoms with van der Waals surface area (Å²) in [4.78, 5) is 0. The summed E-state index contributed by atoms with van der Waals surface area (Å²) in [6.07, 6.45) is 0. The SMILES string of the molecule is CCNC(C)C(C)S(=O)Cc1ccccc1Cl. The summed E-state index contributed by atoms with van der Waals surface area (Å²) >= 11 is 6.06. The monoisotopic (exact) mass is 273 g/mol. The topological polar surface area (TPSA) is 29.1 Å².